The van der Waals surface area contributed by atoms with Gasteiger partial charge in [0.25, 0.3) is 29.8 Å². The van der Waals surface area contributed by atoms with E-state index in [-0.39, 0.29) is 0 Å². The Balaban J connectivity index is -0.0000000510. The smallest absolute Gasteiger partial charge is 0.300 e. The second kappa shape index (κ2) is 47.8. The summed E-state index contributed by atoms with van der Waals surface area (Å²) in [4.78, 5) is 45.0. The molecule has 0 bridgehead atoms. The highest BCUT2D eigenvalue weighted by atomic mass is 16.5. The van der Waals surface area contributed by atoms with Crippen LogP contribution < -0.4 is 16.8 Å². The molecule has 0 saturated heterocycles. The molecule has 0 unspecified atom stereocenters. The summed E-state index contributed by atoms with van der Waals surface area (Å²) in [7, 11) is 0. The van der Waals surface area contributed by atoms with Gasteiger partial charge in [-0.15, -0.1) is 0 Å². The van der Waals surface area contributed by atoms with E-state index in [1.807, 2.05) is 6.92 Å². The van der Waals surface area contributed by atoms with Crippen molar-refractivity contribution < 1.29 is 59.7 Å². The van der Waals surface area contributed by atoms with Crippen LogP contribution in [0, 0.1) is 0 Å². The van der Waals surface area contributed by atoms with Crippen molar-refractivity contribution in [3.05, 3.63) is 0 Å². The molecule has 0 rings (SSSR count). The van der Waals surface area contributed by atoms with Crippen molar-refractivity contribution in [1.82, 2.24) is 5.32 Å². The molecule has 208 valence electrons. The van der Waals surface area contributed by atoms with Crippen LogP contribution in [0.15, 0.2) is 0 Å². The maximum absolute atomic E-state index is 9.00. The van der Waals surface area contributed by atoms with E-state index < -0.39 is 36.1 Å². The highest BCUT2D eigenvalue weighted by Crippen LogP contribution is 1.95. The normalized spacial score (nSPS) is 7.74. The van der Waals surface area contributed by atoms with Crippen molar-refractivity contribution in [1.29, 1.82) is 0 Å². The van der Waals surface area contributed by atoms with E-state index in [9.17, 15) is 0 Å². The summed E-state index contributed by atoms with van der Waals surface area (Å²) < 4.78 is 0. The molecule has 0 aromatic heterocycles. The number of carboxylic acids is 5. The molecule has 0 saturated carbocycles. The maximum atomic E-state index is 9.00. The van der Waals surface area contributed by atoms with Gasteiger partial charge in [-0.1, -0.05) is 13.3 Å². The van der Waals surface area contributed by atoms with E-state index in [4.69, 9.17) is 71.2 Å². The lowest BCUT2D eigenvalue weighted by Gasteiger charge is -1.97. The fourth-order valence-electron chi connectivity index (χ4n) is 0.716. The average Bonchev–Trinajstić information content (AvgIpc) is 2.58. The summed E-state index contributed by atoms with van der Waals surface area (Å²) >= 11 is 0. The third-order valence-corrected chi connectivity index (χ3v) is 1.46. The second-order valence-electron chi connectivity index (χ2n) is 5.55. The average molecular weight is 508 g/mol. The van der Waals surface area contributed by atoms with Crippen LogP contribution in [0.1, 0.15) is 60.8 Å². The van der Waals surface area contributed by atoms with Gasteiger partial charge in [0.05, 0.1) is 0 Å². The van der Waals surface area contributed by atoms with E-state index in [2.05, 4.69) is 5.32 Å². The van der Waals surface area contributed by atoms with Crippen molar-refractivity contribution in [2.24, 2.45) is 11.5 Å². The zero-order valence-corrected chi connectivity index (χ0v) is 20.9. The molecular weight excluding hydrogens is 462 g/mol. The monoisotopic (exact) mass is 507 g/mol. The van der Waals surface area contributed by atoms with Crippen LogP contribution in [0.4, 0.5) is 0 Å². The maximum Gasteiger partial charge on any atom is 0.300 e. The van der Waals surface area contributed by atoms with Gasteiger partial charge in [-0.25, -0.2) is 0 Å². The van der Waals surface area contributed by atoms with Crippen LogP contribution in [0.5, 0.6) is 0 Å². The first-order chi connectivity index (χ1) is 15.3. The van der Waals surface area contributed by atoms with E-state index >= 15 is 0 Å². The predicted molar refractivity (Wildman–Crippen MR) is 125 cm³/mol. The first-order valence-corrected chi connectivity index (χ1v) is 9.79. The number of rotatable bonds is 7. The number of nitrogens with two attached hydrogens (primary N) is 2. The van der Waals surface area contributed by atoms with Crippen molar-refractivity contribution in [3.8, 4) is 0 Å². The van der Waals surface area contributed by atoms with E-state index in [1.54, 1.807) is 0 Å². The minimum atomic E-state index is -1.10. The van der Waals surface area contributed by atoms with Crippen LogP contribution in [0.25, 0.3) is 0 Å². The van der Waals surface area contributed by atoms with Crippen molar-refractivity contribution in [3.63, 3.8) is 0 Å². The highest BCUT2D eigenvalue weighted by molar-refractivity contribution is 5.63. The molecule has 0 atom stereocenters. The van der Waals surface area contributed by atoms with Crippen LogP contribution in [-0.4, -0.2) is 98.1 Å². The Bertz CT molecular complexity index is 368. The summed E-state index contributed by atoms with van der Waals surface area (Å²) in [6.45, 7) is 10.6. The van der Waals surface area contributed by atoms with Gasteiger partial charge in [0.15, 0.2) is 6.29 Å². The van der Waals surface area contributed by atoms with Crippen molar-refractivity contribution in [2.45, 2.75) is 67.1 Å². The van der Waals surface area contributed by atoms with E-state index in [1.165, 1.54) is 0 Å². The largest absolute Gasteiger partial charge is 0.481 e. The van der Waals surface area contributed by atoms with Gasteiger partial charge in [-0.2, -0.15) is 0 Å². The van der Waals surface area contributed by atoms with Crippen molar-refractivity contribution >= 4 is 29.8 Å². The number of carbonyl (C=O) groups is 5. The SMILES string of the molecule is CC(=O)O.CC(=O)O.CC(=O)O.CC(=O)O.CC(=O)O.CCCCC(O)O.NCCNCCN. The molecule has 0 aliphatic rings. The first kappa shape index (κ1) is 48.6. The lowest BCUT2D eigenvalue weighted by molar-refractivity contribution is -0.135. The topological polar surface area (TPSA) is 291 Å². The fourth-order valence-corrected chi connectivity index (χ4v) is 0.716. The summed E-state index contributed by atoms with van der Waals surface area (Å²) in [5.74, 6) is -4.17. The molecule has 34 heavy (non-hydrogen) atoms. The summed E-state index contributed by atoms with van der Waals surface area (Å²) in [5.41, 5.74) is 10.3. The Labute approximate surface area is 200 Å². The molecule has 12 N–H and O–H groups in total. The number of nitrogens with one attached hydrogen (secondary N) is 1. The third kappa shape index (κ3) is 871. The molecular formula is C19H45N3O12. The van der Waals surface area contributed by atoms with Crippen molar-refractivity contribution in [2.75, 3.05) is 26.2 Å². The Morgan fingerprint density at radius 2 is 0.853 bits per heavy atom. The molecule has 0 aliphatic heterocycles. The van der Waals surface area contributed by atoms with Gasteiger partial charge < -0.3 is 52.5 Å². The van der Waals surface area contributed by atoms with Gasteiger partial charge in [-0.3, -0.25) is 24.0 Å². The van der Waals surface area contributed by atoms with Gasteiger partial charge in [-0.05, 0) is 12.8 Å². The Morgan fingerprint density at radius 3 is 0.941 bits per heavy atom. The third-order valence-electron chi connectivity index (χ3n) is 1.46. The first-order valence-electron chi connectivity index (χ1n) is 9.79. The number of aliphatic hydroxyl groups is 2. The molecule has 15 heteroatoms. The fraction of sp³-hybridized carbons (Fsp3) is 0.737. The molecule has 15 nitrogen and oxygen atoms in total. The zero-order chi connectivity index (χ0) is 29.1. The summed E-state index contributed by atoms with van der Waals surface area (Å²) in [6.07, 6.45) is 1.34. The zero-order valence-electron chi connectivity index (χ0n) is 20.9. The predicted octanol–water partition coefficient (Wildman–Crippen LogP) is -0.565. The quantitative estimate of drug-likeness (QED) is 0.152. The van der Waals surface area contributed by atoms with Crippen LogP contribution in [0.2, 0.25) is 0 Å². The second-order valence-corrected chi connectivity index (χ2v) is 5.55. The molecule has 0 spiro atoms. The summed E-state index contributed by atoms with van der Waals surface area (Å²) in [5, 5.41) is 56.6. The van der Waals surface area contributed by atoms with Gasteiger partial charge in [0.1, 0.15) is 0 Å². The lowest BCUT2D eigenvalue weighted by Crippen LogP contribution is -2.27. The molecule has 0 radical (unpaired) electrons. The number of aliphatic carboxylic acids is 5. The highest BCUT2D eigenvalue weighted by Gasteiger charge is 1.92. The molecule has 0 aliphatic carbocycles. The minimum absolute atomic E-state index is 0.510. The van der Waals surface area contributed by atoms with Gasteiger partial charge in [0.2, 0.25) is 0 Å². The molecule has 0 aromatic carbocycles. The number of hydrogen-bond acceptors (Lipinski definition) is 10. The van der Waals surface area contributed by atoms with Gasteiger partial charge >= 0.3 is 0 Å². The number of hydrogen-bond donors (Lipinski definition) is 10. The van der Waals surface area contributed by atoms with Crippen LogP contribution in [0.3, 0.4) is 0 Å². The van der Waals surface area contributed by atoms with Crippen LogP contribution in [-0.2, 0) is 24.0 Å². The Hall–Kier alpha value is -2.85. The standard InChI is InChI=1S/C5H12O2.C4H13N3.5C2H4O2/c1-2-3-4-5(6)7;5-1-3-7-4-2-6;5*1-2(3)4/h5-7H,2-4H2,1H3;7H,1-6H2;5*1H3,(H,3,4). The molecule has 0 aromatic rings. The van der Waals surface area contributed by atoms with E-state index in [0.29, 0.717) is 19.5 Å². The molecule has 0 fully saturated rings. The molecule has 0 amide bonds. The van der Waals surface area contributed by atoms with Crippen LogP contribution >= 0.6 is 0 Å². The van der Waals surface area contributed by atoms with E-state index in [0.717, 1.165) is 60.5 Å². The van der Waals surface area contributed by atoms with Gasteiger partial charge in [0, 0.05) is 60.8 Å². The summed E-state index contributed by atoms with van der Waals surface area (Å²) in [6, 6.07) is 0. The number of carboxylic acid groups (broad SMARTS) is 5. The molecule has 0 heterocycles. The minimum Gasteiger partial charge on any atom is -0.481 e. The number of unbranched alkanes of at least 4 members (excludes halogenated alkanes) is 1. The lowest BCUT2D eigenvalue weighted by atomic mass is 10.2. The Kier molecular flexibility index (Phi) is 68.3. The Morgan fingerprint density at radius 1 is 0.647 bits per heavy atom. The number of aliphatic hydroxyl groups excluding tert-OH is 1.